The molecule has 1 aliphatic heterocycles. The monoisotopic (exact) mass is 457 g/mol. The Morgan fingerprint density at radius 2 is 1.85 bits per heavy atom. The van der Waals surface area contributed by atoms with Crippen molar-refractivity contribution in [3.05, 3.63) is 77.7 Å². The maximum absolute atomic E-state index is 5.11. The van der Waals surface area contributed by atoms with Crippen LogP contribution in [0.1, 0.15) is 77.3 Å². The first-order valence-corrected chi connectivity index (χ1v) is 12.9. The van der Waals surface area contributed by atoms with Gasteiger partial charge in [-0.25, -0.2) is 4.98 Å². The van der Waals surface area contributed by atoms with E-state index in [1.165, 1.54) is 53.5 Å². The molecule has 2 heterocycles. The molecule has 182 valence electrons. The second kappa shape index (κ2) is 11.6. The van der Waals surface area contributed by atoms with Gasteiger partial charge in [0.05, 0.1) is 11.0 Å². The SMILES string of the molecule is C=C/C=C\C(/C=C(\C)c1nc2cc(C(=C)N3CCC(CCC)CC3)cc(CC)c2n1C)=C(C)C. The lowest BCUT2D eigenvalue weighted by molar-refractivity contribution is 0.245. The first-order valence-electron chi connectivity index (χ1n) is 12.9. The maximum atomic E-state index is 5.11. The molecule has 34 heavy (non-hydrogen) atoms. The van der Waals surface area contributed by atoms with Gasteiger partial charge in [0.1, 0.15) is 5.82 Å². The molecule has 3 nitrogen and oxygen atoms in total. The van der Waals surface area contributed by atoms with Gasteiger partial charge in [-0.2, -0.15) is 0 Å². The lowest BCUT2D eigenvalue weighted by Crippen LogP contribution is -2.32. The zero-order valence-corrected chi connectivity index (χ0v) is 22.2. The Labute approximate surface area is 207 Å². The van der Waals surface area contributed by atoms with E-state index in [2.05, 4.69) is 88.6 Å². The van der Waals surface area contributed by atoms with Gasteiger partial charge in [-0.1, -0.05) is 63.6 Å². The van der Waals surface area contributed by atoms with Crippen LogP contribution in [0.2, 0.25) is 0 Å². The van der Waals surface area contributed by atoms with Gasteiger partial charge >= 0.3 is 0 Å². The third kappa shape index (κ3) is 5.63. The molecule has 1 aromatic heterocycles. The van der Waals surface area contributed by atoms with Gasteiger partial charge < -0.3 is 9.47 Å². The van der Waals surface area contributed by atoms with E-state index in [0.29, 0.717) is 0 Å². The molecule has 3 heteroatoms. The van der Waals surface area contributed by atoms with Crippen LogP contribution in [-0.4, -0.2) is 27.5 Å². The minimum absolute atomic E-state index is 0.878. The lowest BCUT2D eigenvalue weighted by Gasteiger charge is -2.35. The zero-order valence-electron chi connectivity index (χ0n) is 22.2. The Kier molecular flexibility index (Phi) is 8.77. The Morgan fingerprint density at radius 1 is 1.15 bits per heavy atom. The summed E-state index contributed by atoms with van der Waals surface area (Å²) in [5.41, 5.74) is 9.59. The van der Waals surface area contributed by atoms with Crippen molar-refractivity contribution in [2.75, 3.05) is 13.1 Å². The van der Waals surface area contributed by atoms with Gasteiger partial charge in [-0.15, -0.1) is 0 Å². The van der Waals surface area contributed by atoms with Gasteiger partial charge in [-0.3, -0.25) is 0 Å². The summed E-state index contributed by atoms with van der Waals surface area (Å²) in [6, 6.07) is 4.58. The van der Waals surface area contributed by atoms with Crippen molar-refractivity contribution in [3.63, 3.8) is 0 Å². The molecule has 0 atom stereocenters. The first-order chi connectivity index (χ1) is 16.3. The van der Waals surface area contributed by atoms with Crippen LogP contribution in [0.25, 0.3) is 22.3 Å². The van der Waals surface area contributed by atoms with E-state index in [1.807, 2.05) is 12.2 Å². The highest BCUT2D eigenvalue weighted by Crippen LogP contribution is 2.32. The largest absolute Gasteiger partial charge is 0.372 e. The highest BCUT2D eigenvalue weighted by Gasteiger charge is 2.21. The molecule has 0 bridgehead atoms. The maximum Gasteiger partial charge on any atom is 0.136 e. The van der Waals surface area contributed by atoms with Crippen LogP contribution < -0.4 is 0 Å². The average Bonchev–Trinajstić information content (AvgIpc) is 3.17. The van der Waals surface area contributed by atoms with Crippen LogP contribution in [-0.2, 0) is 13.5 Å². The fraction of sp³-hybridized carbons (Fsp3) is 0.452. The van der Waals surface area contributed by atoms with Gasteiger partial charge in [0.2, 0.25) is 0 Å². The number of hydrogen-bond donors (Lipinski definition) is 0. The number of aromatic nitrogens is 2. The van der Waals surface area contributed by atoms with Gasteiger partial charge in [0.15, 0.2) is 0 Å². The summed E-state index contributed by atoms with van der Waals surface area (Å²) in [6.07, 6.45) is 14.3. The van der Waals surface area contributed by atoms with Crippen LogP contribution in [0, 0.1) is 5.92 Å². The van der Waals surface area contributed by atoms with Crippen molar-refractivity contribution in [1.29, 1.82) is 0 Å². The fourth-order valence-corrected chi connectivity index (χ4v) is 5.15. The molecule has 0 radical (unpaired) electrons. The minimum atomic E-state index is 0.878. The van der Waals surface area contributed by atoms with E-state index >= 15 is 0 Å². The first kappa shape index (κ1) is 25.8. The van der Waals surface area contributed by atoms with E-state index in [1.54, 1.807) is 0 Å². The molecule has 0 aliphatic carbocycles. The molecule has 1 saturated heterocycles. The van der Waals surface area contributed by atoms with Crippen molar-refractivity contribution < 1.29 is 0 Å². The summed E-state index contributed by atoms with van der Waals surface area (Å²) in [4.78, 5) is 7.59. The van der Waals surface area contributed by atoms with Gasteiger partial charge in [0, 0.05) is 25.8 Å². The Morgan fingerprint density at radius 3 is 2.44 bits per heavy atom. The number of piperidine rings is 1. The molecule has 1 aliphatic rings. The number of fused-ring (bicyclic) bond motifs is 1. The summed E-state index contributed by atoms with van der Waals surface area (Å²) < 4.78 is 2.25. The molecule has 0 N–H and O–H groups in total. The molecule has 0 unspecified atom stereocenters. The highest BCUT2D eigenvalue weighted by atomic mass is 15.1. The number of benzene rings is 1. The standard InChI is InChI=1S/C31H43N3/c1-9-12-14-27(22(4)5)19-23(6)31-32-29-21-28(20-26(11-3)30(29)33(31)8)24(7)34-17-15-25(13-10-2)16-18-34/h9,12,14,19-21,25H,1,7,10-11,13,15-18H2,2-6,8H3/b14-12-,23-19+. The van der Waals surface area contributed by atoms with Crippen molar-refractivity contribution in [2.45, 2.75) is 66.7 Å². The van der Waals surface area contributed by atoms with E-state index in [0.717, 1.165) is 48.0 Å². The van der Waals surface area contributed by atoms with Crippen molar-refractivity contribution in [3.8, 4) is 0 Å². The second-order valence-electron chi connectivity index (χ2n) is 9.89. The van der Waals surface area contributed by atoms with Gasteiger partial charge in [0.25, 0.3) is 0 Å². The van der Waals surface area contributed by atoms with Crippen LogP contribution in [0.5, 0.6) is 0 Å². The molecule has 0 amide bonds. The minimum Gasteiger partial charge on any atom is -0.372 e. The van der Waals surface area contributed by atoms with Crippen LogP contribution in [0.15, 0.2) is 60.7 Å². The Bertz CT molecular complexity index is 1130. The van der Waals surface area contributed by atoms with E-state index in [4.69, 9.17) is 4.98 Å². The Hall–Kier alpha value is -2.81. The number of imidazole rings is 1. The summed E-state index contributed by atoms with van der Waals surface area (Å²) >= 11 is 0. The summed E-state index contributed by atoms with van der Waals surface area (Å²) in [6.45, 7) is 21.5. The molecule has 3 rings (SSSR count). The number of aryl methyl sites for hydroxylation is 2. The molecule has 0 spiro atoms. The number of hydrogen-bond acceptors (Lipinski definition) is 2. The zero-order chi connectivity index (χ0) is 24.8. The normalized spacial score (nSPS) is 15.4. The molecular weight excluding hydrogens is 414 g/mol. The number of likely N-dealkylation sites (tertiary alicyclic amines) is 1. The predicted molar refractivity (Wildman–Crippen MR) is 150 cm³/mol. The lowest BCUT2D eigenvalue weighted by atomic mass is 9.91. The number of allylic oxidation sites excluding steroid dienone is 7. The van der Waals surface area contributed by atoms with Gasteiger partial charge in [-0.05, 0) is 86.4 Å². The summed E-state index contributed by atoms with van der Waals surface area (Å²) in [5, 5.41) is 0. The van der Waals surface area contributed by atoms with Crippen LogP contribution >= 0.6 is 0 Å². The molecule has 1 fully saturated rings. The van der Waals surface area contributed by atoms with Crippen molar-refractivity contribution >= 4 is 22.3 Å². The van der Waals surface area contributed by atoms with E-state index in [9.17, 15) is 0 Å². The average molecular weight is 458 g/mol. The third-order valence-corrected chi connectivity index (χ3v) is 7.17. The van der Waals surface area contributed by atoms with Crippen molar-refractivity contribution in [2.24, 2.45) is 13.0 Å². The molecule has 2 aromatic rings. The second-order valence-corrected chi connectivity index (χ2v) is 9.89. The van der Waals surface area contributed by atoms with E-state index < -0.39 is 0 Å². The van der Waals surface area contributed by atoms with E-state index in [-0.39, 0.29) is 0 Å². The van der Waals surface area contributed by atoms with Crippen molar-refractivity contribution in [1.82, 2.24) is 14.5 Å². The Balaban J connectivity index is 1.97. The van der Waals surface area contributed by atoms with Crippen LogP contribution in [0.3, 0.4) is 0 Å². The number of rotatable bonds is 9. The van der Waals surface area contributed by atoms with Crippen LogP contribution in [0.4, 0.5) is 0 Å². The highest BCUT2D eigenvalue weighted by molar-refractivity contribution is 5.86. The third-order valence-electron chi connectivity index (χ3n) is 7.17. The predicted octanol–water partition coefficient (Wildman–Crippen LogP) is 8.10. The smallest absolute Gasteiger partial charge is 0.136 e. The molecule has 0 saturated carbocycles. The topological polar surface area (TPSA) is 21.1 Å². The molecule has 1 aromatic carbocycles. The molecular formula is C31H43N3. The summed E-state index contributed by atoms with van der Waals surface area (Å²) in [5.74, 6) is 1.89. The summed E-state index contributed by atoms with van der Waals surface area (Å²) in [7, 11) is 2.13. The fourth-order valence-electron chi connectivity index (χ4n) is 5.15. The quantitative estimate of drug-likeness (QED) is 0.355. The number of nitrogens with zero attached hydrogens (tertiary/aromatic N) is 3.